The predicted molar refractivity (Wildman–Crippen MR) is 49.7 cm³/mol. The average molecular weight is 188 g/mol. The molecule has 0 bridgehead atoms. The minimum Gasteiger partial charge on any atom is -0.376 e. The van der Waals surface area contributed by atoms with Crippen molar-refractivity contribution in [2.45, 2.75) is 0 Å². The van der Waals surface area contributed by atoms with Crippen LogP contribution in [0.1, 0.15) is 0 Å². The zero-order valence-corrected chi connectivity index (χ0v) is 7.12. The molecule has 0 atom stereocenters. The Hall–Kier alpha value is -0.870. The summed E-state index contributed by atoms with van der Waals surface area (Å²) < 4.78 is 0. The van der Waals surface area contributed by atoms with Gasteiger partial charge in [0.25, 0.3) is 0 Å². The number of hydrogen-bond donors (Lipinski definition) is 2. The van der Waals surface area contributed by atoms with Gasteiger partial charge in [0.05, 0.1) is 5.69 Å². The molecule has 1 aromatic heterocycles. The second-order valence-corrected chi connectivity index (χ2v) is 2.63. The zero-order chi connectivity index (χ0) is 8.27. The lowest BCUT2D eigenvalue weighted by molar-refractivity contribution is 1.33. The molecule has 0 aliphatic rings. The van der Waals surface area contributed by atoms with Gasteiger partial charge in [-0.1, -0.05) is 11.6 Å². The first-order valence-electron chi connectivity index (χ1n) is 2.87. The van der Waals surface area contributed by atoms with Crippen LogP contribution in [0.5, 0.6) is 0 Å². The number of pyridine rings is 1. The number of anilines is 1. The van der Waals surface area contributed by atoms with E-state index in [1.54, 1.807) is 18.3 Å². The van der Waals surface area contributed by atoms with Crippen LogP contribution in [0.2, 0.25) is 5.15 Å². The SMILES string of the molecule is NC(=S)Nc1cccnc1Cl. The van der Waals surface area contributed by atoms with Crippen LogP contribution in [-0.4, -0.2) is 10.1 Å². The van der Waals surface area contributed by atoms with E-state index in [1.807, 2.05) is 0 Å². The van der Waals surface area contributed by atoms with Gasteiger partial charge in [-0.3, -0.25) is 0 Å². The highest BCUT2D eigenvalue weighted by Crippen LogP contribution is 2.16. The lowest BCUT2D eigenvalue weighted by atomic mass is 10.4. The molecule has 3 nitrogen and oxygen atoms in total. The smallest absolute Gasteiger partial charge is 0.168 e. The number of halogens is 1. The van der Waals surface area contributed by atoms with E-state index in [2.05, 4.69) is 22.5 Å². The maximum absolute atomic E-state index is 5.68. The molecule has 0 spiro atoms. The Morgan fingerprint density at radius 2 is 2.45 bits per heavy atom. The lowest BCUT2D eigenvalue weighted by Crippen LogP contribution is -2.19. The summed E-state index contributed by atoms with van der Waals surface area (Å²) in [5.74, 6) is 0. The van der Waals surface area contributed by atoms with Crippen molar-refractivity contribution in [3.05, 3.63) is 23.5 Å². The summed E-state index contributed by atoms with van der Waals surface area (Å²) in [6.07, 6.45) is 1.59. The van der Waals surface area contributed by atoms with Gasteiger partial charge in [-0.15, -0.1) is 0 Å². The molecule has 58 valence electrons. The van der Waals surface area contributed by atoms with Crippen LogP contribution in [0.25, 0.3) is 0 Å². The van der Waals surface area contributed by atoms with E-state index < -0.39 is 0 Å². The fourth-order valence-electron chi connectivity index (χ4n) is 0.612. The van der Waals surface area contributed by atoms with Crippen molar-refractivity contribution in [2.24, 2.45) is 5.73 Å². The molecule has 0 fully saturated rings. The van der Waals surface area contributed by atoms with Crippen molar-refractivity contribution in [2.75, 3.05) is 5.32 Å². The Kier molecular flexibility index (Phi) is 2.62. The summed E-state index contributed by atoms with van der Waals surface area (Å²) in [5.41, 5.74) is 5.85. The summed E-state index contributed by atoms with van der Waals surface area (Å²) in [5, 5.41) is 3.23. The van der Waals surface area contributed by atoms with Gasteiger partial charge in [0.15, 0.2) is 10.3 Å². The van der Waals surface area contributed by atoms with Crippen molar-refractivity contribution < 1.29 is 0 Å². The molecule has 0 aromatic carbocycles. The fourth-order valence-corrected chi connectivity index (χ4v) is 0.889. The van der Waals surface area contributed by atoms with Gasteiger partial charge in [0.2, 0.25) is 0 Å². The minimum atomic E-state index is 0.180. The van der Waals surface area contributed by atoms with Crippen molar-refractivity contribution in [1.82, 2.24) is 4.98 Å². The van der Waals surface area contributed by atoms with E-state index in [0.29, 0.717) is 10.8 Å². The molecule has 1 heterocycles. The topological polar surface area (TPSA) is 50.9 Å². The van der Waals surface area contributed by atoms with Crippen LogP contribution in [-0.2, 0) is 0 Å². The number of nitrogens with one attached hydrogen (secondary N) is 1. The fraction of sp³-hybridized carbons (Fsp3) is 0. The molecular weight excluding hydrogens is 182 g/mol. The van der Waals surface area contributed by atoms with Gasteiger partial charge in [-0.2, -0.15) is 0 Å². The van der Waals surface area contributed by atoms with Crippen LogP contribution in [0.4, 0.5) is 5.69 Å². The first-order valence-corrected chi connectivity index (χ1v) is 3.66. The van der Waals surface area contributed by atoms with Crippen LogP contribution >= 0.6 is 23.8 Å². The molecule has 0 unspecified atom stereocenters. The molecule has 0 aliphatic heterocycles. The van der Waals surface area contributed by atoms with Crippen molar-refractivity contribution in [3.8, 4) is 0 Å². The molecule has 1 rings (SSSR count). The molecular formula is C6H6ClN3S. The maximum atomic E-state index is 5.68. The van der Waals surface area contributed by atoms with Gasteiger partial charge >= 0.3 is 0 Å². The molecule has 5 heteroatoms. The Labute approximate surface area is 74.6 Å². The Balaban J connectivity index is 2.86. The monoisotopic (exact) mass is 187 g/mol. The van der Waals surface area contributed by atoms with Crippen molar-refractivity contribution in [1.29, 1.82) is 0 Å². The number of nitrogens with zero attached hydrogens (tertiary/aromatic N) is 1. The molecule has 3 N–H and O–H groups in total. The summed E-state index contributed by atoms with van der Waals surface area (Å²) in [6.45, 7) is 0. The van der Waals surface area contributed by atoms with Gasteiger partial charge in [0.1, 0.15) is 0 Å². The minimum absolute atomic E-state index is 0.180. The molecule has 1 aromatic rings. The third-order valence-corrected chi connectivity index (χ3v) is 1.42. The highest BCUT2D eigenvalue weighted by molar-refractivity contribution is 7.80. The van der Waals surface area contributed by atoms with E-state index in [1.165, 1.54) is 0 Å². The van der Waals surface area contributed by atoms with E-state index in [4.69, 9.17) is 17.3 Å². The standard InChI is InChI=1S/C6H6ClN3S/c7-5-4(10-6(8)11)2-1-3-9-5/h1-3H,(H3,8,10,11). The van der Waals surface area contributed by atoms with E-state index in [9.17, 15) is 0 Å². The highest BCUT2D eigenvalue weighted by atomic mass is 35.5. The second-order valence-electron chi connectivity index (χ2n) is 1.83. The van der Waals surface area contributed by atoms with Gasteiger partial charge in [0, 0.05) is 6.20 Å². The summed E-state index contributed by atoms with van der Waals surface area (Å²) >= 11 is 10.3. The first kappa shape index (κ1) is 8.23. The van der Waals surface area contributed by atoms with E-state index in [0.717, 1.165) is 0 Å². The lowest BCUT2D eigenvalue weighted by Gasteiger charge is -2.03. The number of hydrogen-bond acceptors (Lipinski definition) is 2. The Bertz CT molecular complexity index is 276. The third-order valence-electron chi connectivity index (χ3n) is 1.02. The van der Waals surface area contributed by atoms with Crippen LogP contribution in [0, 0.1) is 0 Å². The van der Waals surface area contributed by atoms with Gasteiger partial charge < -0.3 is 11.1 Å². The van der Waals surface area contributed by atoms with Gasteiger partial charge in [-0.05, 0) is 24.4 Å². The average Bonchev–Trinajstić information content (AvgIpc) is 1.93. The molecule has 0 radical (unpaired) electrons. The summed E-state index contributed by atoms with van der Waals surface area (Å²) in [7, 11) is 0. The molecule has 0 aliphatic carbocycles. The third kappa shape index (κ3) is 2.32. The molecule has 0 saturated carbocycles. The summed E-state index contributed by atoms with van der Waals surface area (Å²) in [6, 6.07) is 3.49. The normalized spacial score (nSPS) is 9.18. The highest BCUT2D eigenvalue weighted by Gasteiger charge is 1.98. The van der Waals surface area contributed by atoms with Crippen LogP contribution < -0.4 is 11.1 Å². The van der Waals surface area contributed by atoms with Crippen LogP contribution in [0.3, 0.4) is 0 Å². The Morgan fingerprint density at radius 3 is 3.00 bits per heavy atom. The zero-order valence-electron chi connectivity index (χ0n) is 5.54. The second kappa shape index (κ2) is 3.50. The first-order chi connectivity index (χ1) is 5.20. The maximum Gasteiger partial charge on any atom is 0.168 e. The number of nitrogens with two attached hydrogens (primary N) is 1. The predicted octanol–water partition coefficient (Wildman–Crippen LogP) is 1.39. The quantitative estimate of drug-likeness (QED) is 0.516. The summed E-state index contributed by atoms with van der Waals surface area (Å²) in [4.78, 5) is 3.82. The van der Waals surface area contributed by atoms with Gasteiger partial charge in [-0.25, -0.2) is 4.98 Å². The number of rotatable bonds is 1. The van der Waals surface area contributed by atoms with Crippen molar-refractivity contribution >= 4 is 34.6 Å². The number of aromatic nitrogens is 1. The molecule has 0 amide bonds. The van der Waals surface area contributed by atoms with Crippen molar-refractivity contribution in [3.63, 3.8) is 0 Å². The largest absolute Gasteiger partial charge is 0.376 e. The Morgan fingerprint density at radius 1 is 1.73 bits per heavy atom. The molecule has 0 saturated heterocycles. The number of thiocarbonyl (C=S) groups is 1. The van der Waals surface area contributed by atoms with E-state index in [-0.39, 0.29) is 5.11 Å². The van der Waals surface area contributed by atoms with E-state index >= 15 is 0 Å². The molecule has 11 heavy (non-hydrogen) atoms. The van der Waals surface area contributed by atoms with Crippen LogP contribution in [0.15, 0.2) is 18.3 Å².